The summed E-state index contributed by atoms with van der Waals surface area (Å²) in [4.78, 5) is 30.6. The standard InChI is InChI=1S/C21H20Cl2N4O3S2/c1-4-16(12-6-5-7-13(8-12)26(2)3)25-20(28)18-9-17(27(29)30)21(31-18)32-19-14(22)10-24-11-15(19)23/h5-11,16H,4H2,1-3H3,(H,25,28). The Kier molecular flexibility index (Phi) is 8.00. The van der Waals surface area contributed by atoms with E-state index in [4.69, 9.17) is 23.2 Å². The highest BCUT2D eigenvalue weighted by atomic mass is 35.5. The SMILES string of the molecule is CCC(NC(=O)c1cc([N+](=O)[O-])c(Sc2c(Cl)cncc2Cl)s1)c1cccc(N(C)C)c1. The van der Waals surface area contributed by atoms with Crippen LogP contribution in [0.3, 0.4) is 0 Å². The second-order valence-electron chi connectivity index (χ2n) is 7.00. The molecule has 3 rings (SSSR count). The minimum absolute atomic E-state index is 0.170. The Morgan fingerprint density at radius 3 is 2.56 bits per heavy atom. The monoisotopic (exact) mass is 510 g/mol. The van der Waals surface area contributed by atoms with E-state index in [1.165, 1.54) is 18.5 Å². The molecule has 32 heavy (non-hydrogen) atoms. The number of rotatable bonds is 8. The van der Waals surface area contributed by atoms with Crippen LogP contribution in [0.2, 0.25) is 10.0 Å². The van der Waals surface area contributed by atoms with Gasteiger partial charge in [0.15, 0.2) is 0 Å². The minimum Gasteiger partial charge on any atom is -0.378 e. The van der Waals surface area contributed by atoms with Crippen molar-refractivity contribution < 1.29 is 9.72 Å². The van der Waals surface area contributed by atoms with Gasteiger partial charge in [-0.15, -0.1) is 11.3 Å². The van der Waals surface area contributed by atoms with Crippen molar-refractivity contribution in [2.24, 2.45) is 0 Å². The zero-order valence-electron chi connectivity index (χ0n) is 17.5. The molecule has 0 saturated carbocycles. The zero-order chi connectivity index (χ0) is 23.4. The lowest BCUT2D eigenvalue weighted by atomic mass is 10.0. The average Bonchev–Trinajstić information content (AvgIpc) is 3.19. The number of pyridine rings is 1. The zero-order valence-corrected chi connectivity index (χ0v) is 20.6. The number of carbonyl (C=O) groups is 1. The molecule has 0 aliphatic rings. The van der Waals surface area contributed by atoms with Gasteiger partial charge in [-0.1, -0.05) is 54.0 Å². The third-order valence-electron chi connectivity index (χ3n) is 4.61. The summed E-state index contributed by atoms with van der Waals surface area (Å²) in [6.07, 6.45) is 3.49. The van der Waals surface area contributed by atoms with E-state index in [0.717, 1.165) is 34.3 Å². The minimum atomic E-state index is -0.517. The molecule has 0 fully saturated rings. The number of aromatic nitrogens is 1. The van der Waals surface area contributed by atoms with Crippen LogP contribution < -0.4 is 10.2 Å². The number of hydrogen-bond donors (Lipinski definition) is 1. The fourth-order valence-electron chi connectivity index (χ4n) is 2.94. The molecule has 3 aromatic rings. The number of thiophene rings is 1. The van der Waals surface area contributed by atoms with Crippen molar-refractivity contribution in [2.45, 2.75) is 28.5 Å². The van der Waals surface area contributed by atoms with Crippen molar-refractivity contribution in [2.75, 3.05) is 19.0 Å². The molecule has 1 aromatic carbocycles. The number of halogens is 2. The molecule has 0 bridgehead atoms. The number of nitrogens with zero attached hydrogens (tertiary/aromatic N) is 3. The highest BCUT2D eigenvalue weighted by molar-refractivity contribution is 8.01. The molecule has 0 radical (unpaired) electrons. The Balaban J connectivity index is 1.87. The largest absolute Gasteiger partial charge is 0.378 e. The molecule has 1 unspecified atom stereocenters. The molecule has 0 spiro atoms. The fraction of sp³-hybridized carbons (Fsp3) is 0.238. The van der Waals surface area contributed by atoms with E-state index in [0.29, 0.717) is 15.5 Å². The highest BCUT2D eigenvalue weighted by Gasteiger charge is 2.26. The van der Waals surface area contributed by atoms with Crippen LogP contribution in [-0.2, 0) is 0 Å². The molecule has 1 amide bonds. The smallest absolute Gasteiger partial charge is 0.294 e. The summed E-state index contributed by atoms with van der Waals surface area (Å²) in [5.41, 5.74) is 1.81. The van der Waals surface area contributed by atoms with E-state index in [1.54, 1.807) is 0 Å². The Labute approximate surface area is 203 Å². The summed E-state index contributed by atoms with van der Waals surface area (Å²) < 4.78 is 0.317. The molecular weight excluding hydrogens is 491 g/mol. The number of hydrogen-bond acceptors (Lipinski definition) is 7. The molecule has 1 atom stereocenters. The van der Waals surface area contributed by atoms with Crippen LogP contribution in [0, 0.1) is 10.1 Å². The number of anilines is 1. The average molecular weight is 511 g/mol. The van der Waals surface area contributed by atoms with E-state index >= 15 is 0 Å². The van der Waals surface area contributed by atoms with Gasteiger partial charge in [0.25, 0.3) is 11.6 Å². The normalized spacial score (nSPS) is 11.8. The maximum absolute atomic E-state index is 13.0. The third kappa shape index (κ3) is 5.53. The van der Waals surface area contributed by atoms with Gasteiger partial charge in [0.05, 0.1) is 25.9 Å². The van der Waals surface area contributed by atoms with Crippen LogP contribution >= 0.6 is 46.3 Å². The number of benzene rings is 1. The number of amides is 1. The van der Waals surface area contributed by atoms with Crippen LogP contribution in [0.1, 0.15) is 34.6 Å². The fourth-order valence-corrected chi connectivity index (χ4v) is 5.70. The number of nitrogens with one attached hydrogen (secondary N) is 1. The quantitative estimate of drug-likeness (QED) is 0.276. The van der Waals surface area contributed by atoms with Crippen LogP contribution in [-0.4, -0.2) is 29.9 Å². The van der Waals surface area contributed by atoms with Crippen LogP contribution in [0.5, 0.6) is 0 Å². The lowest BCUT2D eigenvalue weighted by molar-refractivity contribution is -0.387. The van der Waals surface area contributed by atoms with Gasteiger partial charge in [0, 0.05) is 38.2 Å². The summed E-state index contributed by atoms with van der Waals surface area (Å²) in [5.74, 6) is -0.376. The first-order valence-corrected chi connectivity index (χ1v) is 11.9. The lowest BCUT2D eigenvalue weighted by Gasteiger charge is -2.20. The van der Waals surface area contributed by atoms with E-state index in [1.807, 2.05) is 50.2 Å². The summed E-state index contributed by atoms with van der Waals surface area (Å²) in [6, 6.07) is 8.94. The molecular formula is C21H20Cl2N4O3S2. The first-order chi connectivity index (χ1) is 15.2. The summed E-state index contributed by atoms with van der Waals surface area (Å²) >= 11 is 14.4. The Hall–Kier alpha value is -2.33. The van der Waals surface area contributed by atoms with Gasteiger partial charge in [-0.05, 0) is 24.1 Å². The second-order valence-corrected chi connectivity index (χ2v) is 10.1. The Bertz CT molecular complexity index is 1130. The molecule has 2 aromatic heterocycles. The topological polar surface area (TPSA) is 88.4 Å². The molecule has 7 nitrogen and oxygen atoms in total. The number of nitro groups is 1. The van der Waals surface area contributed by atoms with Crippen molar-refractivity contribution in [3.63, 3.8) is 0 Å². The summed E-state index contributed by atoms with van der Waals surface area (Å²) in [5, 5.41) is 15.2. The first kappa shape index (κ1) is 24.3. The van der Waals surface area contributed by atoms with E-state index < -0.39 is 4.92 Å². The molecule has 0 aliphatic carbocycles. The van der Waals surface area contributed by atoms with Crippen LogP contribution in [0.15, 0.2) is 51.8 Å². The van der Waals surface area contributed by atoms with Crippen LogP contribution in [0.4, 0.5) is 11.4 Å². The van der Waals surface area contributed by atoms with Gasteiger partial charge in [0.1, 0.15) is 9.09 Å². The van der Waals surface area contributed by atoms with Crippen LogP contribution in [0.25, 0.3) is 0 Å². The van der Waals surface area contributed by atoms with Gasteiger partial charge < -0.3 is 10.2 Å². The van der Waals surface area contributed by atoms with E-state index in [9.17, 15) is 14.9 Å². The molecule has 2 heterocycles. The first-order valence-electron chi connectivity index (χ1n) is 9.54. The Morgan fingerprint density at radius 1 is 1.28 bits per heavy atom. The van der Waals surface area contributed by atoms with Crippen molar-refractivity contribution in [1.29, 1.82) is 0 Å². The van der Waals surface area contributed by atoms with E-state index in [-0.39, 0.29) is 32.6 Å². The molecule has 1 N–H and O–H groups in total. The van der Waals surface area contributed by atoms with Crippen molar-refractivity contribution in [3.8, 4) is 0 Å². The summed E-state index contributed by atoms with van der Waals surface area (Å²) in [6.45, 7) is 1.97. The van der Waals surface area contributed by atoms with Gasteiger partial charge in [-0.25, -0.2) is 0 Å². The Morgan fingerprint density at radius 2 is 1.97 bits per heavy atom. The van der Waals surface area contributed by atoms with Crippen molar-refractivity contribution in [1.82, 2.24) is 10.3 Å². The predicted molar refractivity (Wildman–Crippen MR) is 131 cm³/mol. The molecule has 0 aliphatic heterocycles. The molecule has 0 saturated heterocycles. The molecule has 11 heteroatoms. The number of carbonyl (C=O) groups excluding carboxylic acids is 1. The lowest BCUT2D eigenvalue weighted by Crippen LogP contribution is -2.27. The predicted octanol–water partition coefficient (Wildman–Crippen LogP) is 6.46. The van der Waals surface area contributed by atoms with Gasteiger partial charge >= 0.3 is 0 Å². The van der Waals surface area contributed by atoms with E-state index in [2.05, 4.69) is 10.3 Å². The van der Waals surface area contributed by atoms with Crippen molar-refractivity contribution in [3.05, 3.63) is 73.3 Å². The summed E-state index contributed by atoms with van der Waals surface area (Å²) in [7, 11) is 3.90. The second kappa shape index (κ2) is 10.5. The third-order valence-corrected chi connectivity index (χ3v) is 7.86. The molecule has 168 valence electrons. The maximum Gasteiger partial charge on any atom is 0.294 e. The highest BCUT2D eigenvalue weighted by Crippen LogP contribution is 2.45. The van der Waals surface area contributed by atoms with Gasteiger partial charge in [0.2, 0.25) is 0 Å². The van der Waals surface area contributed by atoms with Gasteiger partial charge in [-0.3, -0.25) is 19.9 Å². The van der Waals surface area contributed by atoms with Gasteiger partial charge in [-0.2, -0.15) is 0 Å². The maximum atomic E-state index is 13.0. The van der Waals surface area contributed by atoms with Crippen molar-refractivity contribution >= 4 is 63.6 Å².